The van der Waals surface area contributed by atoms with Gasteiger partial charge in [0.1, 0.15) is 5.76 Å². The molecule has 0 aliphatic heterocycles. The number of aryl methyl sites for hydroxylation is 2. The van der Waals surface area contributed by atoms with Crippen molar-refractivity contribution in [3.8, 4) is 0 Å². The van der Waals surface area contributed by atoms with Crippen molar-refractivity contribution in [1.29, 1.82) is 0 Å². The van der Waals surface area contributed by atoms with Gasteiger partial charge in [0.25, 0.3) is 0 Å². The number of aliphatic imine (C=N–C) groups is 1. The lowest BCUT2D eigenvalue weighted by molar-refractivity contribution is -0.125. The second-order valence-electron chi connectivity index (χ2n) is 7.37. The number of nitrogens with zero attached hydrogens (tertiary/aromatic N) is 2. The third-order valence-corrected chi connectivity index (χ3v) is 6.07. The van der Waals surface area contributed by atoms with E-state index < -0.39 is 0 Å². The number of hydrogen-bond acceptors (Lipinski definition) is 4. The Balaban J connectivity index is 1.52. The van der Waals surface area contributed by atoms with E-state index in [1.807, 2.05) is 20.9 Å². The highest BCUT2D eigenvalue weighted by Gasteiger charge is 2.56. The minimum atomic E-state index is 0.315. The Morgan fingerprint density at radius 3 is 2.72 bits per heavy atom. The number of rotatable bonds is 6. The number of nitrogens with one attached hydrogen (secondary N) is 2. The lowest BCUT2D eigenvalue weighted by Gasteiger charge is -2.54. The summed E-state index contributed by atoms with van der Waals surface area (Å²) in [5, 5.41) is 11.1. The molecule has 2 atom stereocenters. The Labute approximate surface area is 150 Å². The average molecular weight is 348 g/mol. The molecular formula is C19H32N4O2. The van der Waals surface area contributed by atoms with Crippen molar-refractivity contribution in [1.82, 2.24) is 15.8 Å². The molecule has 0 radical (unpaired) electrons. The highest BCUT2D eigenvalue weighted by atomic mass is 16.5. The Kier molecular flexibility index (Phi) is 5.67. The smallest absolute Gasteiger partial charge is 0.191 e. The zero-order valence-corrected chi connectivity index (χ0v) is 16.0. The normalized spacial score (nSPS) is 25.2. The average Bonchev–Trinajstić information content (AvgIpc) is 3.23. The van der Waals surface area contributed by atoms with Crippen LogP contribution in [0.4, 0.5) is 0 Å². The van der Waals surface area contributed by atoms with Gasteiger partial charge in [0.15, 0.2) is 5.96 Å². The summed E-state index contributed by atoms with van der Waals surface area (Å²) in [4.78, 5) is 4.41. The van der Waals surface area contributed by atoms with Crippen molar-refractivity contribution in [3.05, 3.63) is 17.0 Å². The van der Waals surface area contributed by atoms with Gasteiger partial charge in [-0.2, -0.15) is 0 Å². The minimum absolute atomic E-state index is 0.315. The lowest BCUT2D eigenvalue weighted by atomic mass is 9.60. The first-order valence-corrected chi connectivity index (χ1v) is 9.61. The largest absolute Gasteiger partial charge is 0.378 e. The van der Waals surface area contributed by atoms with Gasteiger partial charge >= 0.3 is 0 Å². The predicted molar refractivity (Wildman–Crippen MR) is 98.9 cm³/mol. The number of guanidine groups is 1. The van der Waals surface area contributed by atoms with Crippen LogP contribution in [0.5, 0.6) is 0 Å². The molecule has 1 aromatic heterocycles. The van der Waals surface area contributed by atoms with Crippen LogP contribution in [0.2, 0.25) is 0 Å². The molecule has 2 N–H and O–H groups in total. The Morgan fingerprint density at radius 2 is 2.12 bits per heavy atom. The van der Waals surface area contributed by atoms with Gasteiger partial charge in [0.2, 0.25) is 0 Å². The van der Waals surface area contributed by atoms with Gasteiger partial charge in [0.05, 0.1) is 11.8 Å². The van der Waals surface area contributed by atoms with Crippen molar-refractivity contribution < 1.29 is 9.26 Å². The third-order valence-electron chi connectivity index (χ3n) is 6.07. The Bertz CT molecular complexity index is 585. The summed E-state index contributed by atoms with van der Waals surface area (Å²) in [5.74, 6) is 1.80. The first-order valence-electron chi connectivity index (χ1n) is 9.61. The summed E-state index contributed by atoms with van der Waals surface area (Å²) < 4.78 is 11.2. The first-order chi connectivity index (χ1) is 12.1. The quantitative estimate of drug-likeness (QED) is 0.611. The van der Waals surface area contributed by atoms with E-state index in [0.29, 0.717) is 17.6 Å². The van der Waals surface area contributed by atoms with Crippen LogP contribution in [0.15, 0.2) is 9.52 Å². The van der Waals surface area contributed by atoms with Crippen LogP contribution in [0.25, 0.3) is 0 Å². The Hall–Kier alpha value is -1.56. The maximum atomic E-state index is 6.00. The maximum Gasteiger partial charge on any atom is 0.191 e. The summed E-state index contributed by atoms with van der Waals surface area (Å²) in [5.41, 5.74) is 2.48. The van der Waals surface area contributed by atoms with Crippen LogP contribution < -0.4 is 10.6 Å². The van der Waals surface area contributed by atoms with Gasteiger partial charge < -0.3 is 19.9 Å². The molecule has 0 amide bonds. The van der Waals surface area contributed by atoms with Crippen LogP contribution >= 0.6 is 0 Å². The summed E-state index contributed by atoms with van der Waals surface area (Å²) in [6, 6.07) is 0.469. The molecule has 1 aromatic rings. The fourth-order valence-electron chi connectivity index (χ4n) is 4.61. The molecule has 2 fully saturated rings. The third kappa shape index (κ3) is 3.54. The number of hydrogen-bond donors (Lipinski definition) is 2. The molecule has 140 valence electrons. The second kappa shape index (κ2) is 7.77. The highest BCUT2D eigenvalue weighted by Crippen LogP contribution is 2.54. The highest BCUT2D eigenvalue weighted by molar-refractivity contribution is 5.80. The van der Waals surface area contributed by atoms with Gasteiger partial charge in [-0.05, 0) is 46.5 Å². The lowest BCUT2D eigenvalue weighted by Crippen LogP contribution is -2.65. The molecule has 2 aliphatic rings. The molecule has 0 saturated heterocycles. The van der Waals surface area contributed by atoms with Crippen molar-refractivity contribution in [2.45, 2.75) is 71.4 Å². The van der Waals surface area contributed by atoms with E-state index >= 15 is 0 Å². The molecule has 2 aliphatic carbocycles. The van der Waals surface area contributed by atoms with Gasteiger partial charge in [-0.1, -0.05) is 18.0 Å². The predicted octanol–water partition coefficient (Wildman–Crippen LogP) is 2.74. The molecule has 2 saturated carbocycles. The van der Waals surface area contributed by atoms with E-state index in [-0.39, 0.29) is 0 Å². The molecular weight excluding hydrogens is 316 g/mol. The SMILES string of the molecule is CCOC1CC(NC(=NC)NCCc2c(C)noc2C)C12CCCC2. The van der Waals surface area contributed by atoms with Gasteiger partial charge in [-0.25, -0.2) is 0 Å². The molecule has 1 heterocycles. The van der Waals surface area contributed by atoms with Crippen LogP contribution in [0.3, 0.4) is 0 Å². The fraction of sp³-hybridized carbons (Fsp3) is 0.789. The molecule has 3 rings (SSSR count). The summed E-state index contributed by atoms with van der Waals surface area (Å²) in [6.07, 6.45) is 7.56. The summed E-state index contributed by atoms with van der Waals surface area (Å²) >= 11 is 0. The van der Waals surface area contributed by atoms with E-state index in [4.69, 9.17) is 9.26 Å². The standard InChI is InChI=1S/C19H32N4O2/c1-5-24-17-12-16(19(17)9-6-7-10-19)22-18(20-4)21-11-8-15-13(2)23-25-14(15)3/h16-17H,5-12H2,1-4H3,(H2,20,21,22). The molecule has 6 nitrogen and oxygen atoms in total. The topological polar surface area (TPSA) is 71.7 Å². The fourth-order valence-corrected chi connectivity index (χ4v) is 4.61. The number of aromatic nitrogens is 1. The molecule has 0 bridgehead atoms. The summed E-state index contributed by atoms with van der Waals surface area (Å²) in [7, 11) is 1.84. The maximum absolute atomic E-state index is 6.00. The van der Waals surface area contributed by atoms with Gasteiger partial charge in [-0.15, -0.1) is 0 Å². The monoisotopic (exact) mass is 348 g/mol. The number of ether oxygens (including phenoxy) is 1. The molecule has 2 unspecified atom stereocenters. The van der Waals surface area contributed by atoms with E-state index in [2.05, 4.69) is 27.7 Å². The van der Waals surface area contributed by atoms with Crippen molar-refractivity contribution in [2.75, 3.05) is 20.2 Å². The zero-order valence-electron chi connectivity index (χ0n) is 16.0. The summed E-state index contributed by atoms with van der Waals surface area (Å²) in [6.45, 7) is 7.68. The van der Waals surface area contributed by atoms with Crippen molar-refractivity contribution in [2.24, 2.45) is 10.4 Å². The van der Waals surface area contributed by atoms with Crippen LogP contribution in [-0.4, -0.2) is 43.5 Å². The zero-order chi connectivity index (χ0) is 17.9. The molecule has 6 heteroatoms. The molecule has 1 spiro atoms. The van der Waals surface area contributed by atoms with Crippen molar-refractivity contribution >= 4 is 5.96 Å². The Morgan fingerprint density at radius 1 is 1.36 bits per heavy atom. The van der Waals surface area contributed by atoms with Crippen LogP contribution in [0, 0.1) is 19.3 Å². The van der Waals surface area contributed by atoms with E-state index in [0.717, 1.165) is 43.4 Å². The van der Waals surface area contributed by atoms with E-state index in [1.165, 1.54) is 31.2 Å². The van der Waals surface area contributed by atoms with E-state index in [9.17, 15) is 0 Å². The molecule has 25 heavy (non-hydrogen) atoms. The minimum Gasteiger partial charge on any atom is -0.378 e. The van der Waals surface area contributed by atoms with Crippen LogP contribution in [0.1, 0.15) is 56.0 Å². The van der Waals surface area contributed by atoms with Gasteiger partial charge in [0, 0.05) is 37.2 Å². The van der Waals surface area contributed by atoms with Crippen LogP contribution in [-0.2, 0) is 11.2 Å². The van der Waals surface area contributed by atoms with Gasteiger partial charge in [-0.3, -0.25) is 4.99 Å². The van der Waals surface area contributed by atoms with E-state index in [1.54, 1.807) is 0 Å². The molecule has 0 aromatic carbocycles. The van der Waals surface area contributed by atoms with Crippen molar-refractivity contribution in [3.63, 3.8) is 0 Å². The first kappa shape index (κ1) is 18.2. The second-order valence-corrected chi connectivity index (χ2v) is 7.37.